The predicted octanol–water partition coefficient (Wildman–Crippen LogP) is 5.19. The van der Waals surface area contributed by atoms with E-state index < -0.39 is 0 Å². The summed E-state index contributed by atoms with van der Waals surface area (Å²) >= 11 is 0. The molecule has 0 saturated carbocycles. The maximum Gasteiger partial charge on any atom is 0.228 e. The molecule has 0 heterocycles. The van der Waals surface area contributed by atoms with E-state index in [-0.39, 0.29) is 5.91 Å². The number of carbonyl (C=O) groups excluding carboxylic acids is 1. The Bertz CT molecular complexity index is 874. The van der Waals surface area contributed by atoms with Crippen LogP contribution in [-0.4, -0.2) is 12.5 Å². The Balaban J connectivity index is 1.48. The Morgan fingerprint density at radius 1 is 0.926 bits per heavy atom. The SMILES string of the molecule is Cc1ccccc1CC(=O)Nc1cccc(OCCCc2ccccc2)c1. The maximum atomic E-state index is 12.3. The van der Waals surface area contributed by atoms with Gasteiger partial charge < -0.3 is 10.1 Å². The van der Waals surface area contributed by atoms with Gasteiger partial charge in [-0.1, -0.05) is 60.7 Å². The van der Waals surface area contributed by atoms with Crippen LogP contribution in [0, 0.1) is 6.92 Å². The van der Waals surface area contributed by atoms with E-state index >= 15 is 0 Å². The number of amides is 1. The lowest BCUT2D eigenvalue weighted by atomic mass is 10.1. The summed E-state index contributed by atoms with van der Waals surface area (Å²) in [4.78, 5) is 12.3. The van der Waals surface area contributed by atoms with Gasteiger partial charge in [-0.3, -0.25) is 4.79 Å². The van der Waals surface area contributed by atoms with Crippen molar-refractivity contribution in [2.45, 2.75) is 26.2 Å². The van der Waals surface area contributed by atoms with Crippen LogP contribution in [-0.2, 0) is 17.6 Å². The van der Waals surface area contributed by atoms with Gasteiger partial charge in [0.15, 0.2) is 0 Å². The molecule has 3 rings (SSSR count). The number of aryl methyl sites for hydroxylation is 2. The Hall–Kier alpha value is -3.07. The number of benzene rings is 3. The molecule has 0 aliphatic carbocycles. The number of anilines is 1. The third-order valence-electron chi connectivity index (χ3n) is 4.45. The minimum Gasteiger partial charge on any atom is -0.494 e. The highest BCUT2D eigenvalue weighted by Gasteiger charge is 2.07. The van der Waals surface area contributed by atoms with Crippen LogP contribution >= 0.6 is 0 Å². The minimum absolute atomic E-state index is 0.0227. The first-order valence-corrected chi connectivity index (χ1v) is 9.32. The van der Waals surface area contributed by atoms with Gasteiger partial charge in [-0.2, -0.15) is 0 Å². The largest absolute Gasteiger partial charge is 0.494 e. The zero-order chi connectivity index (χ0) is 18.9. The molecular formula is C24H25NO2. The van der Waals surface area contributed by atoms with E-state index in [0.717, 1.165) is 35.4 Å². The molecule has 0 atom stereocenters. The predicted molar refractivity (Wildman–Crippen MR) is 110 cm³/mol. The standard InChI is InChI=1S/C24H25NO2/c1-19-9-5-6-13-21(19)17-24(26)25-22-14-7-15-23(18-22)27-16-8-12-20-10-3-2-4-11-20/h2-7,9-11,13-15,18H,8,12,16-17H2,1H3,(H,25,26). The van der Waals surface area contributed by atoms with Crippen LogP contribution < -0.4 is 10.1 Å². The number of hydrogen-bond donors (Lipinski definition) is 1. The van der Waals surface area contributed by atoms with Gasteiger partial charge in [0.25, 0.3) is 0 Å². The zero-order valence-electron chi connectivity index (χ0n) is 15.7. The Labute approximate surface area is 161 Å². The average molecular weight is 359 g/mol. The summed E-state index contributed by atoms with van der Waals surface area (Å²) < 4.78 is 5.84. The van der Waals surface area contributed by atoms with Gasteiger partial charge in [-0.15, -0.1) is 0 Å². The average Bonchev–Trinajstić information content (AvgIpc) is 2.68. The molecule has 0 saturated heterocycles. The highest BCUT2D eigenvalue weighted by Crippen LogP contribution is 2.18. The van der Waals surface area contributed by atoms with Gasteiger partial charge in [0, 0.05) is 11.8 Å². The summed E-state index contributed by atoms with van der Waals surface area (Å²) in [6.07, 6.45) is 2.32. The van der Waals surface area contributed by atoms with Gasteiger partial charge in [0.05, 0.1) is 13.0 Å². The molecule has 3 aromatic carbocycles. The lowest BCUT2D eigenvalue weighted by molar-refractivity contribution is -0.115. The third kappa shape index (κ3) is 6.00. The second-order valence-electron chi connectivity index (χ2n) is 6.62. The van der Waals surface area contributed by atoms with Crippen LogP contribution in [0.5, 0.6) is 5.75 Å². The zero-order valence-corrected chi connectivity index (χ0v) is 15.7. The summed E-state index contributed by atoms with van der Waals surface area (Å²) in [6, 6.07) is 25.9. The maximum absolute atomic E-state index is 12.3. The van der Waals surface area contributed by atoms with E-state index in [1.807, 2.05) is 61.5 Å². The molecule has 0 spiro atoms. The monoisotopic (exact) mass is 359 g/mol. The molecule has 3 aromatic rings. The quantitative estimate of drug-likeness (QED) is 0.562. The highest BCUT2D eigenvalue weighted by atomic mass is 16.5. The van der Waals surface area contributed by atoms with Crippen LogP contribution in [0.2, 0.25) is 0 Å². The lowest BCUT2D eigenvalue weighted by Gasteiger charge is -2.10. The smallest absolute Gasteiger partial charge is 0.228 e. The molecule has 1 amide bonds. The Morgan fingerprint density at radius 3 is 2.52 bits per heavy atom. The van der Waals surface area contributed by atoms with E-state index in [1.54, 1.807) is 0 Å². The van der Waals surface area contributed by atoms with Gasteiger partial charge in [-0.25, -0.2) is 0 Å². The summed E-state index contributed by atoms with van der Waals surface area (Å²) in [7, 11) is 0. The fourth-order valence-electron chi connectivity index (χ4n) is 2.96. The molecule has 0 aliphatic heterocycles. The molecule has 3 nitrogen and oxygen atoms in total. The van der Waals surface area contributed by atoms with Crippen molar-refractivity contribution in [1.82, 2.24) is 0 Å². The first kappa shape index (κ1) is 18.7. The van der Waals surface area contributed by atoms with Crippen molar-refractivity contribution >= 4 is 11.6 Å². The number of hydrogen-bond acceptors (Lipinski definition) is 2. The molecule has 0 bridgehead atoms. The van der Waals surface area contributed by atoms with Crippen molar-refractivity contribution in [2.75, 3.05) is 11.9 Å². The number of rotatable bonds is 8. The molecule has 138 valence electrons. The van der Waals surface area contributed by atoms with E-state index in [1.165, 1.54) is 5.56 Å². The highest BCUT2D eigenvalue weighted by molar-refractivity contribution is 5.92. The van der Waals surface area contributed by atoms with Crippen molar-refractivity contribution in [3.8, 4) is 5.75 Å². The number of carbonyl (C=O) groups is 1. The van der Waals surface area contributed by atoms with Crippen molar-refractivity contribution in [2.24, 2.45) is 0 Å². The Kier molecular flexibility index (Phi) is 6.64. The van der Waals surface area contributed by atoms with Crippen LogP contribution in [0.3, 0.4) is 0 Å². The van der Waals surface area contributed by atoms with Crippen molar-refractivity contribution in [1.29, 1.82) is 0 Å². The van der Waals surface area contributed by atoms with Crippen LogP contribution in [0.1, 0.15) is 23.1 Å². The fraction of sp³-hybridized carbons (Fsp3) is 0.208. The fourth-order valence-corrected chi connectivity index (χ4v) is 2.96. The van der Waals surface area contributed by atoms with Crippen molar-refractivity contribution in [3.05, 3.63) is 95.6 Å². The first-order chi connectivity index (χ1) is 13.2. The van der Waals surface area contributed by atoms with Crippen LogP contribution in [0.25, 0.3) is 0 Å². The molecular weight excluding hydrogens is 334 g/mol. The normalized spacial score (nSPS) is 10.4. The second-order valence-corrected chi connectivity index (χ2v) is 6.62. The molecule has 0 radical (unpaired) electrons. The second kappa shape index (κ2) is 9.58. The molecule has 1 N–H and O–H groups in total. The van der Waals surface area contributed by atoms with Gasteiger partial charge in [0.2, 0.25) is 5.91 Å². The molecule has 0 fully saturated rings. The molecule has 27 heavy (non-hydrogen) atoms. The minimum atomic E-state index is -0.0227. The summed E-state index contributed by atoms with van der Waals surface area (Å²) in [5.41, 5.74) is 4.25. The number of nitrogens with one attached hydrogen (secondary N) is 1. The van der Waals surface area contributed by atoms with Gasteiger partial charge in [-0.05, 0) is 48.6 Å². The van der Waals surface area contributed by atoms with E-state index in [2.05, 4.69) is 29.6 Å². The van der Waals surface area contributed by atoms with E-state index in [4.69, 9.17) is 4.74 Å². The lowest BCUT2D eigenvalue weighted by Crippen LogP contribution is -2.15. The van der Waals surface area contributed by atoms with Gasteiger partial charge >= 0.3 is 0 Å². The van der Waals surface area contributed by atoms with E-state index in [9.17, 15) is 4.79 Å². The van der Waals surface area contributed by atoms with Crippen LogP contribution in [0.4, 0.5) is 5.69 Å². The van der Waals surface area contributed by atoms with E-state index in [0.29, 0.717) is 13.0 Å². The third-order valence-corrected chi connectivity index (χ3v) is 4.45. The van der Waals surface area contributed by atoms with Crippen molar-refractivity contribution in [3.63, 3.8) is 0 Å². The summed E-state index contributed by atoms with van der Waals surface area (Å²) in [5.74, 6) is 0.752. The number of ether oxygens (including phenoxy) is 1. The molecule has 0 aliphatic rings. The molecule has 0 aromatic heterocycles. The Morgan fingerprint density at radius 2 is 1.70 bits per heavy atom. The van der Waals surface area contributed by atoms with Gasteiger partial charge in [0.1, 0.15) is 5.75 Å². The topological polar surface area (TPSA) is 38.3 Å². The molecule has 0 unspecified atom stereocenters. The summed E-state index contributed by atoms with van der Waals surface area (Å²) in [5, 5.41) is 2.96. The first-order valence-electron chi connectivity index (χ1n) is 9.32. The molecule has 3 heteroatoms. The summed E-state index contributed by atoms with van der Waals surface area (Å²) in [6.45, 7) is 2.67. The van der Waals surface area contributed by atoms with Crippen LogP contribution in [0.15, 0.2) is 78.9 Å². The van der Waals surface area contributed by atoms with Crippen molar-refractivity contribution < 1.29 is 9.53 Å².